The van der Waals surface area contributed by atoms with Gasteiger partial charge in [0.15, 0.2) is 5.96 Å². The first-order valence-corrected chi connectivity index (χ1v) is 8.69. The molecule has 0 unspecified atom stereocenters. The number of aliphatic imine (C=N–C) groups is 1. The maximum Gasteiger partial charge on any atom is 0.241 e. The summed E-state index contributed by atoms with van der Waals surface area (Å²) in [5, 5.41) is 3.14. The molecule has 0 radical (unpaired) electrons. The molecule has 0 saturated heterocycles. The fourth-order valence-electron chi connectivity index (χ4n) is 2.35. The lowest BCUT2D eigenvalue weighted by atomic mass is 10.2. The van der Waals surface area contributed by atoms with Crippen molar-refractivity contribution in [3.8, 4) is 0 Å². The Morgan fingerprint density at radius 2 is 1.81 bits per heavy atom. The van der Waals surface area contributed by atoms with E-state index in [2.05, 4.69) is 15.3 Å². The molecule has 138 valence electrons. The van der Waals surface area contributed by atoms with E-state index < -0.39 is 0 Å². The molecule has 1 aromatic carbocycles. The smallest absolute Gasteiger partial charge is 0.241 e. The van der Waals surface area contributed by atoms with Crippen LogP contribution in [0, 0.1) is 0 Å². The number of nitrogens with one attached hydrogen (secondary N) is 1. The van der Waals surface area contributed by atoms with Gasteiger partial charge in [-0.2, -0.15) is 0 Å². The molecule has 1 N–H and O–H groups in total. The number of amides is 1. The molecule has 0 aliphatic carbocycles. The van der Waals surface area contributed by atoms with E-state index in [1.807, 2.05) is 74.6 Å². The molecule has 1 aromatic heterocycles. The molecule has 6 heteroatoms. The maximum atomic E-state index is 12.3. The zero-order valence-corrected chi connectivity index (χ0v) is 15.7. The summed E-state index contributed by atoms with van der Waals surface area (Å²) in [6.45, 7) is 1.42. The first kappa shape index (κ1) is 19.4. The molecule has 26 heavy (non-hydrogen) atoms. The molecule has 0 aliphatic rings. The average molecular weight is 353 g/mol. The fourth-order valence-corrected chi connectivity index (χ4v) is 2.35. The summed E-state index contributed by atoms with van der Waals surface area (Å²) >= 11 is 0. The summed E-state index contributed by atoms with van der Waals surface area (Å²) in [6, 6.07) is 15.9. The van der Waals surface area contributed by atoms with Crippen LogP contribution in [0.4, 0.5) is 0 Å². The van der Waals surface area contributed by atoms with Gasteiger partial charge in [-0.05, 0) is 17.7 Å². The molecule has 0 fully saturated rings. The lowest BCUT2D eigenvalue weighted by molar-refractivity contribution is -0.128. The third-order valence-electron chi connectivity index (χ3n) is 3.93. The van der Waals surface area contributed by atoms with Crippen molar-refractivity contribution in [2.24, 2.45) is 4.99 Å². The van der Waals surface area contributed by atoms with E-state index >= 15 is 0 Å². The lowest BCUT2D eigenvalue weighted by Crippen LogP contribution is -2.43. The van der Waals surface area contributed by atoms with Crippen LogP contribution in [-0.2, 0) is 17.8 Å². The third kappa shape index (κ3) is 6.55. The van der Waals surface area contributed by atoms with Crippen molar-refractivity contribution < 1.29 is 4.79 Å². The van der Waals surface area contributed by atoms with Crippen molar-refractivity contribution >= 4 is 11.9 Å². The van der Waals surface area contributed by atoms with E-state index in [4.69, 9.17) is 0 Å². The molecule has 6 nitrogen and oxygen atoms in total. The molecule has 1 heterocycles. The first-order chi connectivity index (χ1) is 12.6. The van der Waals surface area contributed by atoms with E-state index in [0.717, 1.165) is 17.7 Å². The van der Waals surface area contributed by atoms with Crippen LogP contribution in [0.3, 0.4) is 0 Å². The van der Waals surface area contributed by atoms with Crippen molar-refractivity contribution in [2.45, 2.75) is 13.0 Å². The Morgan fingerprint density at radius 3 is 2.46 bits per heavy atom. The molecular formula is C20H27N5O. The second kappa shape index (κ2) is 10.2. The summed E-state index contributed by atoms with van der Waals surface area (Å²) in [5.41, 5.74) is 2.12. The Balaban J connectivity index is 1.82. The molecule has 2 aromatic rings. The number of pyridine rings is 1. The summed E-state index contributed by atoms with van der Waals surface area (Å²) in [5.74, 6) is 0.718. The molecule has 1 amide bonds. The van der Waals surface area contributed by atoms with E-state index in [1.165, 1.54) is 0 Å². The minimum absolute atomic E-state index is 0.0233. The third-order valence-corrected chi connectivity index (χ3v) is 3.93. The number of guanidine groups is 1. The zero-order valence-electron chi connectivity index (χ0n) is 15.7. The number of hydrogen-bond donors (Lipinski definition) is 1. The minimum Gasteiger partial charge on any atom is -0.349 e. The Kier molecular flexibility index (Phi) is 7.61. The summed E-state index contributed by atoms with van der Waals surface area (Å²) in [6.07, 6.45) is 2.51. The number of nitrogens with zero attached hydrogens (tertiary/aromatic N) is 4. The van der Waals surface area contributed by atoms with Gasteiger partial charge < -0.3 is 15.1 Å². The molecule has 0 spiro atoms. The predicted molar refractivity (Wildman–Crippen MR) is 105 cm³/mol. The Bertz CT molecular complexity index is 701. The Hall–Kier alpha value is -2.89. The predicted octanol–water partition coefficient (Wildman–Crippen LogP) is 1.79. The number of likely N-dealkylation sites (N-methyl/N-ethyl adjacent to an activating group) is 1. The van der Waals surface area contributed by atoms with Gasteiger partial charge in [0.1, 0.15) is 0 Å². The second-order valence-electron chi connectivity index (χ2n) is 6.26. The van der Waals surface area contributed by atoms with Gasteiger partial charge in [-0.25, -0.2) is 4.99 Å². The quantitative estimate of drug-likeness (QED) is 0.609. The number of rotatable bonds is 7. The summed E-state index contributed by atoms with van der Waals surface area (Å²) in [4.78, 5) is 24.8. The van der Waals surface area contributed by atoms with Gasteiger partial charge in [0.05, 0.1) is 13.1 Å². The minimum atomic E-state index is 0.0233. The monoisotopic (exact) mass is 353 g/mol. The van der Waals surface area contributed by atoms with Gasteiger partial charge in [-0.3, -0.25) is 9.78 Å². The maximum absolute atomic E-state index is 12.3. The first-order valence-electron chi connectivity index (χ1n) is 8.69. The van der Waals surface area contributed by atoms with E-state index in [0.29, 0.717) is 19.0 Å². The van der Waals surface area contributed by atoms with Gasteiger partial charge in [0, 0.05) is 46.0 Å². The van der Waals surface area contributed by atoms with Gasteiger partial charge in [0.25, 0.3) is 0 Å². The molecule has 2 rings (SSSR count). The highest BCUT2D eigenvalue weighted by atomic mass is 16.2. The van der Waals surface area contributed by atoms with Crippen LogP contribution in [0.1, 0.15) is 11.3 Å². The van der Waals surface area contributed by atoms with Crippen LogP contribution in [0.5, 0.6) is 0 Å². The van der Waals surface area contributed by atoms with Gasteiger partial charge in [-0.1, -0.05) is 36.4 Å². The van der Waals surface area contributed by atoms with Gasteiger partial charge in [-0.15, -0.1) is 0 Å². The highest BCUT2D eigenvalue weighted by Gasteiger charge is 2.11. The number of aromatic nitrogens is 1. The second-order valence-corrected chi connectivity index (χ2v) is 6.26. The molecule has 0 saturated carbocycles. The van der Waals surface area contributed by atoms with Crippen LogP contribution in [-0.4, -0.2) is 60.9 Å². The van der Waals surface area contributed by atoms with Gasteiger partial charge >= 0.3 is 0 Å². The standard InChI is InChI=1S/C20H27N5O/c1-24(2)20(22-15-17-9-5-4-6-10-17)23-16-19(26)25(3)14-12-18-11-7-8-13-21-18/h4-11,13H,12,14-16H2,1-3H3,(H,22,23). The fraction of sp³-hybridized carbons (Fsp3) is 0.350. The molecule has 0 bridgehead atoms. The molecule has 0 atom stereocenters. The van der Waals surface area contributed by atoms with Crippen molar-refractivity contribution in [2.75, 3.05) is 34.2 Å². The largest absolute Gasteiger partial charge is 0.349 e. The zero-order chi connectivity index (χ0) is 18.8. The topological polar surface area (TPSA) is 60.8 Å². The molecule has 0 aliphatic heterocycles. The SMILES string of the molecule is CN(C)C(=NCc1ccccc1)NCC(=O)N(C)CCc1ccccn1. The van der Waals surface area contributed by atoms with Crippen LogP contribution < -0.4 is 5.32 Å². The Morgan fingerprint density at radius 1 is 1.08 bits per heavy atom. The number of benzene rings is 1. The number of carbonyl (C=O) groups is 1. The van der Waals surface area contributed by atoms with Crippen molar-refractivity contribution in [1.29, 1.82) is 0 Å². The van der Waals surface area contributed by atoms with Crippen LogP contribution in [0.25, 0.3) is 0 Å². The van der Waals surface area contributed by atoms with Crippen LogP contribution in [0.15, 0.2) is 59.7 Å². The van der Waals surface area contributed by atoms with Crippen LogP contribution in [0.2, 0.25) is 0 Å². The average Bonchev–Trinajstić information content (AvgIpc) is 2.67. The number of hydrogen-bond acceptors (Lipinski definition) is 3. The van der Waals surface area contributed by atoms with Crippen LogP contribution >= 0.6 is 0 Å². The van der Waals surface area contributed by atoms with Crippen molar-refractivity contribution in [3.05, 3.63) is 66.0 Å². The highest BCUT2D eigenvalue weighted by molar-refractivity contribution is 5.86. The van der Waals surface area contributed by atoms with Crippen molar-refractivity contribution in [1.82, 2.24) is 20.1 Å². The molecular weight excluding hydrogens is 326 g/mol. The highest BCUT2D eigenvalue weighted by Crippen LogP contribution is 2.01. The van der Waals surface area contributed by atoms with Crippen molar-refractivity contribution in [3.63, 3.8) is 0 Å². The van der Waals surface area contributed by atoms with Gasteiger partial charge in [0.2, 0.25) is 5.91 Å². The number of carbonyl (C=O) groups excluding carboxylic acids is 1. The van der Waals surface area contributed by atoms with E-state index in [-0.39, 0.29) is 12.5 Å². The van der Waals surface area contributed by atoms with E-state index in [9.17, 15) is 4.79 Å². The summed E-state index contributed by atoms with van der Waals surface area (Å²) < 4.78 is 0. The lowest BCUT2D eigenvalue weighted by Gasteiger charge is -2.21. The van der Waals surface area contributed by atoms with E-state index in [1.54, 1.807) is 11.1 Å². The Labute approximate surface area is 155 Å². The summed E-state index contributed by atoms with van der Waals surface area (Å²) in [7, 11) is 5.63. The normalized spacial score (nSPS) is 11.1.